The number of aromatic hydroxyl groups is 1. The van der Waals surface area contributed by atoms with Crippen molar-refractivity contribution in [1.29, 1.82) is 0 Å². The van der Waals surface area contributed by atoms with Crippen LogP contribution in [0.4, 0.5) is 0 Å². The first-order valence-corrected chi connectivity index (χ1v) is 15.6. The van der Waals surface area contributed by atoms with Crippen molar-refractivity contribution in [2.75, 3.05) is 26.2 Å². The van der Waals surface area contributed by atoms with Gasteiger partial charge in [0, 0.05) is 42.2 Å². The number of fused-ring (bicyclic) bond motifs is 1. The molecule has 2 atom stereocenters. The summed E-state index contributed by atoms with van der Waals surface area (Å²) in [6.07, 6.45) is 1.75. The number of aromatic nitrogens is 1. The van der Waals surface area contributed by atoms with Crippen LogP contribution in [-0.2, 0) is 16.8 Å². The number of aliphatic hydroxyl groups excluding tert-OH is 1. The molecule has 5 aromatic rings. The molecule has 244 valence electrons. The second-order valence-electron chi connectivity index (χ2n) is 11.8. The van der Waals surface area contributed by atoms with Crippen molar-refractivity contribution in [3.05, 3.63) is 153 Å². The van der Waals surface area contributed by atoms with Crippen LogP contribution >= 0.6 is 0 Å². The van der Waals surface area contributed by atoms with Crippen LogP contribution in [0, 0.1) is 0 Å². The van der Waals surface area contributed by atoms with Crippen molar-refractivity contribution in [2.24, 2.45) is 0 Å². The molecule has 2 heterocycles. The van der Waals surface area contributed by atoms with Crippen LogP contribution in [0.2, 0.25) is 0 Å². The highest BCUT2D eigenvalue weighted by Crippen LogP contribution is 2.33. The number of hydrogen-bond acceptors (Lipinski definition) is 7. The third-order valence-corrected chi connectivity index (χ3v) is 8.75. The SMILES string of the molecule is O=C(c1ccc(CCNCC(O)c2ccc(O)c3[nH]c(=O)ccc23)cc1)N1CC=C(c2cccc(C(O)(C(=O)O)c3ccccc3)c2)C1. The summed E-state index contributed by atoms with van der Waals surface area (Å²) in [5, 5.41) is 45.9. The van der Waals surface area contributed by atoms with Crippen LogP contribution in [0.25, 0.3) is 16.5 Å². The molecule has 48 heavy (non-hydrogen) atoms. The Kier molecular flexibility index (Phi) is 9.22. The number of H-pyrrole nitrogens is 1. The zero-order valence-electron chi connectivity index (χ0n) is 26.0. The average molecular weight is 646 g/mol. The summed E-state index contributed by atoms with van der Waals surface area (Å²) < 4.78 is 0. The lowest BCUT2D eigenvalue weighted by Gasteiger charge is -2.25. The van der Waals surface area contributed by atoms with Gasteiger partial charge in [-0.1, -0.05) is 72.8 Å². The Balaban J connectivity index is 1.03. The first-order chi connectivity index (χ1) is 23.1. The summed E-state index contributed by atoms with van der Waals surface area (Å²) in [4.78, 5) is 41.6. The lowest BCUT2D eigenvalue weighted by Crippen LogP contribution is -2.36. The topological polar surface area (TPSA) is 163 Å². The standard InChI is InChI=1S/C38H35N3O7/c42-32-15-13-30(31-14-16-34(44)40-35(31)32)33(43)22-39-19-17-24-9-11-25(12-10-24)36(45)41-20-18-27(23-41)26-5-4-8-29(21-26)38(48,37(46)47)28-6-2-1-3-7-28/h1-16,18,21,33,39,42-43,48H,17,19-20,22-23H2,(H,40,44)(H,46,47). The number of aliphatic hydroxyl groups is 2. The van der Waals surface area contributed by atoms with Crippen molar-refractivity contribution in [3.8, 4) is 5.75 Å². The van der Waals surface area contributed by atoms with E-state index in [-0.39, 0.29) is 40.4 Å². The summed E-state index contributed by atoms with van der Waals surface area (Å²) in [5.74, 6) is -1.56. The number of pyridine rings is 1. The molecule has 10 heteroatoms. The van der Waals surface area contributed by atoms with Gasteiger partial charge in [-0.15, -0.1) is 0 Å². The van der Waals surface area contributed by atoms with E-state index >= 15 is 0 Å². The van der Waals surface area contributed by atoms with Crippen LogP contribution < -0.4 is 10.9 Å². The summed E-state index contributed by atoms with van der Waals surface area (Å²) in [5.41, 5.74) is 1.98. The number of rotatable bonds is 11. The molecule has 6 rings (SSSR count). The van der Waals surface area contributed by atoms with Gasteiger partial charge in [-0.05, 0) is 71.1 Å². The predicted octanol–water partition coefficient (Wildman–Crippen LogP) is 3.96. The largest absolute Gasteiger partial charge is 0.506 e. The molecule has 1 aliphatic heterocycles. The highest BCUT2D eigenvalue weighted by atomic mass is 16.4. The Morgan fingerprint density at radius 2 is 1.67 bits per heavy atom. The number of carboxylic acid groups (broad SMARTS) is 1. The van der Waals surface area contributed by atoms with E-state index in [1.807, 2.05) is 24.3 Å². The Bertz CT molecular complexity index is 2060. The van der Waals surface area contributed by atoms with Gasteiger partial charge in [0.25, 0.3) is 5.91 Å². The summed E-state index contributed by atoms with van der Waals surface area (Å²) in [6.45, 7) is 1.60. The minimum atomic E-state index is -2.22. The Hall–Kier alpha value is -5.55. The highest BCUT2D eigenvalue weighted by Gasteiger charge is 2.40. The first-order valence-electron chi connectivity index (χ1n) is 15.6. The number of nitrogens with one attached hydrogen (secondary N) is 2. The van der Waals surface area contributed by atoms with E-state index in [0.717, 1.165) is 16.7 Å². The lowest BCUT2D eigenvalue weighted by molar-refractivity contribution is -0.155. The summed E-state index contributed by atoms with van der Waals surface area (Å²) in [6, 6.07) is 28.5. The molecule has 2 unspecified atom stereocenters. The zero-order valence-corrected chi connectivity index (χ0v) is 26.0. The monoisotopic (exact) mass is 645 g/mol. The number of carboxylic acids is 1. The van der Waals surface area contributed by atoms with Crippen LogP contribution in [0.15, 0.2) is 114 Å². The number of carbonyl (C=O) groups excluding carboxylic acids is 1. The van der Waals surface area contributed by atoms with Gasteiger partial charge in [-0.2, -0.15) is 0 Å². The normalized spacial score (nSPS) is 14.8. The van der Waals surface area contributed by atoms with E-state index in [1.165, 1.54) is 12.1 Å². The number of benzene rings is 4. The van der Waals surface area contributed by atoms with Crippen molar-refractivity contribution in [2.45, 2.75) is 18.1 Å². The Morgan fingerprint density at radius 1 is 0.917 bits per heavy atom. The van der Waals surface area contributed by atoms with Gasteiger partial charge in [0.15, 0.2) is 0 Å². The van der Waals surface area contributed by atoms with Gasteiger partial charge in [-0.25, -0.2) is 4.79 Å². The van der Waals surface area contributed by atoms with Gasteiger partial charge < -0.3 is 35.6 Å². The quantitative estimate of drug-likeness (QED) is 0.118. The number of aliphatic carboxylic acids is 1. The first kappa shape index (κ1) is 32.4. The van der Waals surface area contributed by atoms with Gasteiger partial charge in [0.1, 0.15) is 5.75 Å². The molecule has 0 saturated heterocycles. The van der Waals surface area contributed by atoms with E-state index in [1.54, 1.807) is 77.7 Å². The molecule has 0 spiro atoms. The van der Waals surface area contributed by atoms with Gasteiger partial charge >= 0.3 is 5.97 Å². The molecule has 0 radical (unpaired) electrons. The summed E-state index contributed by atoms with van der Waals surface area (Å²) >= 11 is 0. The molecule has 6 N–H and O–H groups in total. The van der Waals surface area contributed by atoms with E-state index in [0.29, 0.717) is 42.6 Å². The van der Waals surface area contributed by atoms with Crippen molar-refractivity contribution < 1.29 is 30.0 Å². The number of hydrogen-bond donors (Lipinski definition) is 6. The van der Waals surface area contributed by atoms with E-state index in [2.05, 4.69) is 10.3 Å². The summed E-state index contributed by atoms with van der Waals surface area (Å²) in [7, 11) is 0. The number of phenolic OH excluding ortho intramolecular Hbond substituents is 1. The fraction of sp³-hybridized carbons (Fsp3) is 0.184. The Morgan fingerprint density at radius 3 is 2.42 bits per heavy atom. The molecule has 1 amide bonds. The fourth-order valence-electron chi connectivity index (χ4n) is 6.08. The number of amides is 1. The second-order valence-corrected chi connectivity index (χ2v) is 11.8. The maximum atomic E-state index is 13.3. The van der Waals surface area contributed by atoms with Crippen LogP contribution in [0.5, 0.6) is 5.75 Å². The molecule has 0 saturated carbocycles. The molecule has 1 aromatic heterocycles. The van der Waals surface area contributed by atoms with Crippen molar-refractivity contribution in [3.63, 3.8) is 0 Å². The minimum Gasteiger partial charge on any atom is -0.506 e. The molecule has 1 aliphatic rings. The van der Waals surface area contributed by atoms with Gasteiger partial charge in [0.05, 0.1) is 11.6 Å². The number of phenols is 1. The van der Waals surface area contributed by atoms with E-state index in [9.17, 15) is 34.8 Å². The van der Waals surface area contributed by atoms with E-state index < -0.39 is 17.7 Å². The van der Waals surface area contributed by atoms with Gasteiger partial charge in [-0.3, -0.25) is 9.59 Å². The zero-order chi connectivity index (χ0) is 33.8. The molecule has 0 bridgehead atoms. The van der Waals surface area contributed by atoms with Gasteiger partial charge in [0.2, 0.25) is 11.2 Å². The van der Waals surface area contributed by atoms with E-state index in [4.69, 9.17) is 0 Å². The number of nitrogens with zero attached hydrogens (tertiary/aromatic N) is 1. The Labute approximate surface area is 276 Å². The third kappa shape index (κ3) is 6.50. The highest BCUT2D eigenvalue weighted by molar-refractivity contribution is 5.96. The van der Waals surface area contributed by atoms with Crippen LogP contribution in [0.1, 0.15) is 44.3 Å². The lowest BCUT2D eigenvalue weighted by atomic mass is 9.85. The molecular formula is C38H35N3O7. The number of aromatic amines is 1. The minimum absolute atomic E-state index is 0.0597. The molecular weight excluding hydrogens is 610 g/mol. The molecule has 10 nitrogen and oxygen atoms in total. The fourth-order valence-corrected chi connectivity index (χ4v) is 6.08. The van der Waals surface area contributed by atoms with Crippen LogP contribution in [-0.4, -0.2) is 68.4 Å². The molecule has 0 aliphatic carbocycles. The molecule has 0 fully saturated rings. The predicted molar refractivity (Wildman–Crippen MR) is 182 cm³/mol. The maximum Gasteiger partial charge on any atom is 0.345 e. The molecule has 4 aromatic carbocycles. The second kappa shape index (κ2) is 13.7. The average Bonchev–Trinajstić information content (AvgIpc) is 3.61. The maximum absolute atomic E-state index is 13.3. The number of carbonyl (C=O) groups is 2. The third-order valence-electron chi connectivity index (χ3n) is 8.75. The van der Waals surface area contributed by atoms with Crippen LogP contribution in [0.3, 0.4) is 0 Å². The van der Waals surface area contributed by atoms with Crippen molar-refractivity contribution in [1.82, 2.24) is 15.2 Å². The van der Waals surface area contributed by atoms with Crippen molar-refractivity contribution >= 4 is 28.4 Å². The smallest absolute Gasteiger partial charge is 0.345 e.